The molecular formula is C24H30N2O6S. The van der Waals surface area contributed by atoms with Crippen LogP contribution >= 0.6 is 0 Å². The van der Waals surface area contributed by atoms with Gasteiger partial charge in [-0.15, -0.1) is 0 Å². The van der Waals surface area contributed by atoms with Crippen molar-refractivity contribution in [1.82, 2.24) is 9.21 Å². The zero-order chi connectivity index (χ0) is 23.3. The van der Waals surface area contributed by atoms with Crippen LogP contribution < -0.4 is 9.47 Å². The first-order valence-corrected chi connectivity index (χ1v) is 12.7. The van der Waals surface area contributed by atoms with Crippen molar-refractivity contribution in [1.29, 1.82) is 0 Å². The second kappa shape index (κ2) is 10.5. The van der Waals surface area contributed by atoms with Crippen molar-refractivity contribution < 1.29 is 27.4 Å². The van der Waals surface area contributed by atoms with E-state index in [1.165, 1.54) is 4.31 Å². The molecule has 178 valence electrons. The Morgan fingerprint density at radius 1 is 1.06 bits per heavy atom. The van der Waals surface area contributed by atoms with E-state index in [2.05, 4.69) is 0 Å². The Hall–Kier alpha value is -2.62. The van der Waals surface area contributed by atoms with Gasteiger partial charge in [0.15, 0.2) is 17.6 Å². The van der Waals surface area contributed by atoms with E-state index >= 15 is 0 Å². The fourth-order valence-corrected chi connectivity index (χ4v) is 5.39. The summed E-state index contributed by atoms with van der Waals surface area (Å²) in [5, 5.41) is 0. The van der Waals surface area contributed by atoms with Crippen molar-refractivity contribution >= 4 is 15.9 Å². The SMILES string of the molecule is CCN(CC1COc2ccccc2O1)C(=O)CCc1ccc(S(=O)(=O)N2CCOCC2)cc1. The highest BCUT2D eigenvalue weighted by atomic mass is 32.2. The summed E-state index contributed by atoms with van der Waals surface area (Å²) in [5.41, 5.74) is 0.923. The van der Waals surface area contributed by atoms with Crippen LogP contribution in [0.25, 0.3) is 0 Å². The minimum Gasteiger partial charge on any atom is -0.486 e. The smallest absolute Gasteiger partial charge is 0.243 e. The van der Waals surface area contributed by atoms with Gasteiger partial charge in [-0.05, 0) is 43.2 Å². The molecule has 2 aromatic rings. The number of sulfonamides is 1. The van der Waals surface area contributed by atoms with Gasteiger partial charge in [0.2, 0.25) is 15.9 Å². The minimum absolute atomic E-state index is 0.0324. The summed E-state index contributed by atoms with van der Waals surface area (Å²) in [5.74, 6) is 1.46. The molecule has 4 rings (SSSR count). The predicted octanol–water partition coefficient (Wildman–Crippen LogP) is 2.33. The third kappa shape index (κ3) is 5.66. The van der Waals surface area contributed by atoms with Crippen LogP contribution in [-0.2, 0) is 26.0 Å². The average Bonchev–Trinajstić information content (AvgIpc) is 2.86. The number of morpholine rings is 1. The first-order chi connectivity index (χ1) is 16.0. The van der Waals surface area contributed by atoms with Crippen LogP contribution in [-0.4, -0.2) is 75.6 Å². The number of hydrogen-bond donors (Lipinski definition) is 0. The van der Waals surface area contributed by atoms with Gasteiger partial charge in [0.05, 0.1) is 24.7 Å². The molecule has 0 spiro atoms. The Morgan fingerprint density at radius 2 is 1.76 bits per heavy atom. The van der Waals surface area contributed by atoms with E-state index in [4.69, 9.17) is 14.2 Å². The molecule has 2 aliphatic rings. The molecule has 8 nitrogen and oxygen atoms in total. The van der Waals surface area contributed by atoms with Crippen LogP contribution in [0.4, 0.5) is 0 Å². The molecule has 1 unspecified atom stereocenters. The third-order valence-corrected chi connectivity index (χ3v) is 7.80. The van der Waals surface area contributed by atoms with E-state index in [0.29, 0.717) is 64.6 Å². The van der Waals surface area contributed by atoms with E-state index < -0.39 is 10.0 Å². The molecule has 1 amide bonds. The quantitative estimate of drug-likeness (QED) is 0.584. The highest BCUT2D eigenvalue weighted by molar-refractivity contribution is 7.89. The lowest BCUT2D eigenvalue weighted by molar-refractivity contribution is -0.132. The zero-order valence-corrected chi connectivity index (χ0v) is 19.6. The van der Waals surface area contributed by atoms with Crippen LogP contribution in [0.15, 0.2) is 53.4 Å². The van der Waals surface area contributed by atoms with Crippen molar-refractivity contribution in [2.75, 3.05) is 46.0 Å². The van der Waals surface area contributed by atoms with Gasteiger partial charge in [0.1, 0.15) is 6.61 Å². The molecule has 9 heteroatoms. The van der Waals surface area contributed by atoms with Gasteiger partial charge >= 0.3 is 0 Å². The van der Waals surface area contributed by atoms with Gasteiger partial charge in [0, 0.05) is 26.1 Å². The third-order valence-electron chi connectivity index (χ3n) is 5.88. The molecule has 0 aliphatic carbocycles. The molecule has 0 radical (unpaired) electrons. The summed E-state index contributed by atoms with van der Waals surface area (Å²) in [7, 11) is -3.51. The molecule has 2 heterocycles. The number of benzene rings is 2. The van der Waals surface area contributed by atoms with E-state index in [-0.39, 0.29) is 16.9 Å². The second-order valence-corrected chi connectivity index (χ2v) is 10.0. The molecule has 0 bridgehead atoms. The summed E-state index contributed by atoms with van der Waals surface area (Å²) in [6.45, 7) is 4.95. The number of fused-ring (bicyclic) bond motifs is 1. The molecule has 0 saturated carbocycles. The zero-order valence-electron chi connectivity index (χ0n) is 18.8. The first-order valence-electron chi connectivity index (χ1n) is 11.3. The summed E-state index contributed by atoms with van der Waals surface area (Å²) in [6, 6.07) is 14.3. The van der Waals surface area contributed by atoms with Gasteiger partial charge in [-0.1, -0.05) is 24.3 Å². The predicted molar refractivity (Wildman–Crippen MR) is 123 cm³/mol. The van der Waals surface area contributed by atoms with Gasteiger partial charge in [-0.2, -0.15) is 4.31 Å². The molecule has 1 atom stereocenters. The van der Waals surface area contributed by atoms with Crippen molar-refractivity contribution in [2.45, 2.75) is 30.8 Å². The molecule has 2 aliphatic heterocycles. The average molecular weight is 475 g/mol. The Morgan fingerprint density at radius 3 is 2.45 bits per heavy atom. The number of rotatable bonds is 8. The monoisotopic (exact) mass is 474 g/mol. The Labute approximate surface area is 195 Å². The highest BCUT2D eigenvalue weighted by Crippen LogP contribution is 2.31. The lowest BCUT2D eigenvalue weighted by Gasteiger charge is -2.31. The van der Waals surface area contributed by atoms with Crippen molar-refractivity contribution in [3.05, 3.63) is 54.1 Å². The maximum atomic E-state index is 12.8. The first kappa shape index (κ1) is 23.5. The standard InChI is InChI=1S/C24H30N2O6S/c1-2-25(17-20-18-31-22-5-3-4-6-23(22)32-20)24(27)12-9-19-7-10-21(11-8-19)33(28,29)26-13-15-30-16-14-26/h3-8,10-11,20H,2,9,12-18H2,1H3. The number of carbonyl (C=O) groups excluding carboxylic acids is 1. The number of ether oxygens (including phenoxy) is 3. The number of aryl methyl sites for hydroxylation is 1. The fourth-order valence-electron chi connectivity index (χ4n) is 3.98. The number of carbonyl (C=O) groups is 1. The van der Waals surface area contributed by atoms with Crippen molar-refractivity contribution in [3.8, 4) is 11.5 Å². The Kier molecular flexibility index (Phi) is 7.52. The summed E-state index contributed by atoms with van der Waals surface area (Å²) in [6.07, 6.45) is 0.666. The largest absolute Gasteiger partial charge is 0.486 e. The Balaban J connectivity index is 1.30. The van der Waals surface area contributed by atoms with E-state index in [9.17, 15) is 13.2 Å². The highest BCUT2D eigenvalue weighted by Gasteiger charge is 2.27. The topological polar surface area (TPSA) is 85.4 Å². The number of hydrogen-bond acceptors (Lipinski definition) is 6. The maximum absolute atomic E-state index is 12.8. The number of para-hydroxylation sites is 2. The van der Waals surface area contributed by atoms with E-state index in [1.807, 2.05) is 31.2 Å². The maximum Gasteiger partial charge on any atom is 0.243 e. The number of amides is 1. The lowest BCUT2D eigenvalue weighted by Crippen LogP contribution is -2.43. The van der Waals surface area contributed by atoms with E-state index in [0.717, 1.165) is 11.3 Å². The van der Waals surface area contributed by atoms with Crippen LogP contribution in [0.3, 0.4) is 0 Å². The van der Waals surface area contributed by atoms with Crippen molar-refractivity contribution in [2.24, 2.45) is 0 Å². The molecule has 0 aromatic heterocycles. The van der Waals surface area contributed by atoms with Crippen LogP contribution in [0.2, 0.25) is 0 Å². The van der Waals surface area contributed by atoms with Gasteiger partial charge in [-0.25, -0.2) is 8.42 Å². The van der Waals surface area contributed by atoms with Crippen LogP contribution in [0.1, 0.15) is 18.9 Å². The fraction of sp³-hybridized carbons (Fsp3) is 0.458. The van der Waals surface area contributed by atoms with Gasteiger partial charge < -0.3 is 19.1 Å². The molecule has 1 fully saturated rings. The Bertz CT molecular complexity index is 1050. The minimum atomic E-state index is -3.51. The molecule has 0 N–H and O–H groups in total. The lowest BCUT2D eigenvalue weighted by atomic mass is 10.1. The number of likely N-dealkylation sites (N-methyl/N-ethyl adjacent to an activating group) is 1. The molecule has 33 heavy (non-hydrogen) atoms. The summed E-state index contributed by atoms with van der Waals surface area (Å²) >= 11 is 0. The van der Waals surface area contributed by atoms with Gasteiger partial charge in [-0.3, -0.25) is 4.79 Å². The molecular weight excluding hydrogens is 444 g/mol. The number of nitrogens with zero attached hydrogens (tertiary/aromatic N) is 2. The van der Waals surface area contributed by atoms with Crippen molar-refractivity contribution in [3.63, 3.8) is 0 Å². The molecule has 1 saturated heterocycles. The normalized spacial score (nSPS) is 18.6. The summed E-state index contributed by atoms with van der Waals surface area (Å²) in [4.78, 5) is 14.9. The van der Waals surface area contributed by atoms with E-state index in [1.54, 1.807) is 29.2 Å². The van der Waals surface area contributed by atoms with Crippen LogP contribution in [0.5, 0.6) is 11.5 Å². The van der Waals surface area contributed by atoms with Gasteiger partial charge in [0.25, 0.3) is 0 Å². The second-order valence-electron chi connectivity index (χ2n) is 8.09. The summed E-state index contributed by atoms with van der Waals surface area (Å²) < 4.78 is 43.9. The van der Waals surface area contributed by atoms with Crippen LogP contribution in [0, 0.1) is 0 Å². The molecule has 2 aromatic carbocycles.